The van der Waals surface area contributed by atoms with E-state index in [1.165, 1.54) is 6.20 Å². The first-order valence-corrected chi connectivity index (χ1v) is 5.16. The van der Waals surface area contributed by atoms with Crippen LogP contribution in [-0.4, -0.2) is 11.1 Å². The number of primary amides is 1. The van der Waals surface area contributed by atoms with E-state index >= 15 is 0 Å². The highest BCUT2D eigenvalue weighted by molar-refractivity contribution is 5.68. The number of amides is 1. The van der Waals surface area contributed by atoms with E-state index in [0.29, 0.717) is 5.75 Å². The summed E-state index contributed by atoms with van der Waals surface area (Å²) in [6, 6.07) is 11.4. The molecule has 17 heavy (non-hydrogen) atoms. The SMILES string of the molecule is Cc1ccccc1-c1ccc(OC(N)=O)cn1. The Kier molecular flexibility index (Phi) is 3.05. The lowest BCUT2D eigenvalue weighted by molar-refractivity contribution is 0.210. The first-order valence-electron chi connectivity index (χ1n) is 5.16. The van der Waals surface area contributed by atoms with Crippen LogP contribution in [-0.2, 0) is 0 Å². The van der Waals surface area contributed by atoms with Gasteiger partial charge in [-0.05, 0) is 24.6 Å². The highest BCUT2D eigenvalue weighted by atomic mass is 16.5. The van der Waals surface area contributed by atoms with Crippen LogP contribution in [0, 0.1) is 6.92 Å². The summed E-state index contributed by atoms with van der Waals surface area (Å²) < 4.78 is 4.71. The van der Waals surface area contributed by atoms with Crippen LogP contribution in [0.25, 0.3) is 11.3 Å². The fourth-order valence-corrected chi connectivity index (χ4v) is 1.58. The standard InChI is InChI=1S/C13H12N2O2/c1-9-4-2-3-5-11(9)12-7-6-10(8-15-12)17-13(14)16/h2-8H,1H3,(H2,14,16). The summed E-state index contributed by atoms with van der Waals surface area (Å²) in [4.78, 5) is 14.8. The molecule has 0 radical (unpaired) electrons. The van der Waals surface area contributed by atoms with E-state index in [2.05, 4.69) is 4.98 Å². The van der Waals surface area contributed by atoms with Gasteiger partial charge in [0, 0.05) is 5.56 Å². The number of aryl methyl sites for hydroxylation is 1. The van der Waals surface area contributed by atoms with Crippen molar-refractivity contribution < 1.29 is 9.53 Å². The van der Waals surface area contributed by atoms with Crippen LogP contribution in [0.1, 0.15) is 5.56 Å². The Labute approximate surface area is 99.1 Å². The molecule has 0 bridgehead atoms. The number of benzene rings is 1. The lowest BCUT2D eigenvalue weighted by Gasteiger charge is -2.05. The molecule has 0 unspecified atom stereocenters. The molecule has 2 N–H and O–H groups in total. The molecule has 0 aliphatic rings. The largest absolute Gasteiger partial charge is 0.410 e. The molecule has 86 valence electrons. The lowest BCUT2D eigenvalue weighted by atomic mass is 10.1. The molecule has 0 aliphatic carbocycles. The van der Waals surface area contributed by atoms with E-state index in [0.717, 1.165) is 16.8 Å². The van der Waals surface area contributed by atoms with Crippen LogP contribution in [0.5, 0.6) is 5.75 Å². The van der Waals surface area contributed by atoms with Gasteiger partial charge in [0.15, 0.2) is 5.75 Å². The quantitative estimate of drug-likeness (QED) is 0.858. The van der Waals surface area contributed by atoms with Crippen molar-refractivity contribution in [2.24, 2.45) is 5.73 Å². The molecule has 1 aromatic carbocycles. The fraction of sp³-hybridized carbons (Fsp3) is 0.0769. The van der Waals surface area contributed by atoms with Gasteiger partial charge < -0.3 is 10.5 Å². The van der Waals surface area contributed by atoms with E-state index in [-0.39, 0.29) is 0 Å². The average molecular weight is 228 g/mol. The number of aromatic nitrogens is 1. The van der Waals surface area contributed by atoms with Crippen LogP contribution in [0.3, 0.4) is 0 Å². The molecule has 4 heteroatoms. The number of rotatable bonds is 2. The van der Waals surface area contributed by atoms with Gasteiger partial charge in [0.2, 0.25) is 0 Å². The molecular weight excluding hydrogens is 216 g/mol. The van der Waals surface area contributed by atoms with Crippen molar-refractivity contribution >= 4 is 6.09 Å². The van der Waals surface area contributed by atoms with Crippen molar-refractivity contribution in [1.29, 1.82) is 0 Å². The number of carbonyl (C=O) groups is 1. The first kappa shape index (κ1) is 11.1. The molecule has 0 saturated heterocycles. The highest BCUT2D eigenvalue weighted by Gasteiger charge is 2.04. The summed E-state index contributed by atoms with van der Waals surface area (Å²) >= 11 is 0. The molecule has 0 saturated carbocycles. The summed E-state index contributed by atoms with van der Waals surface area (Å²) in [5, 5.41) is 0. The summed E-state index contributed by atoms with van der Waals surface area (Å²) in [7, 11) is 0. The van der Waals surface area contributed by atoms with Gasteiger partial charge in [-0.3, -0.25) is 4.98 Å². The predicted molar refractivity (Wildman–Crippen MR) is 64.6 cm³/mol. The van der Waals surface area contributed by atoms with Crippen LogP contribution >= 0.6 is 0 Å². The Morgan fingerprint density at radius 1 is 1.24 bits per heavy atom. The Hall–Kier alpha value is -2.36. The number of pyridine rings is 1. The number of ether oxygens (including phenoxy) is 1. The third-order valence-corrected chi connectivity index (χ3v) is 2.38. The van der Waals surface area contributed by atoms with Gasteiger partial charge in [-0.25, -0.2) is 4.79 Å². The predicted octanol–water partition coefficient (Wildman–Crippen LogP) is 2.51. The van der Waals surface area contributed by atoms with Crippen molar-refractivity contribution in [3.05, 3.63) is 48.2 Å². The second-order valence-corrected chi connectivity index (χ2v) is 3.62. The third-order valence-electron chi connectivity index (χ3n) is 2.38. The Balaban J connectivity index is 2.30. The molecule has 0 spiro atoms. The van der Waals surface area contributed by atoms with Gasteiger partial charge >= 0.3 is 6.09 Å². The van der Waals surface area contributed by atoms with E-state index in [4.69, 9.17) is 10.5 Å². The van der Waals surface area contributed by atoms with Crippen molar-refractivity contribution in [3.63, 3.8) is 0 Å². The molecule has 1 aromatic heterocycles. The van der Waals surface area contributed by atoms with E-state index in [9.17, 15) is 4.79 Å². The Morgan fingerprint density at radius 2 is 2.00 bits per heavy atom. The number of nitrogens with zero attached hydrogens (tertiary/aromatic N) is 1. The fourth-order valence-electron chi connectivity index (χ4n) is 1.58. The summed E-state index contributed by atoms with van der Waals surface area (Å²) in [5.41, 5.74) is 7.94. The topological polar surface area (TPSA) is 65.2 Å². The summed E-state index contributed by atoms with van der Waals surface area (Å²) in [6.07, 6.45) is 0.641. The molecule has 0 atom stereocenters. The van der Waals surface area contributed by atoms with Crippen molar-refractivity contribution in [1.82, 2.24) is 4.98 Å². The van der Waals surface area contributed by atoms with Gasteiger partial charge in [0.25, 0.3) is 0 Å². The normalized spacial score (nSPS) is 9.94. The van der Waals surface area contributed by atoms with Crippen LogP contribution < -0.4 is 10.5 Å². The molecule has 1 heterocycles. The smallest absolute Gasteiger partial charge is 0.409 e. The summed E-state index contributed by atoms with van der Waals surface area (Å²) in [6.45, 7) is 2.02. The summed E-state index contributed by atoms with van der Waals surface area (Å²) in [5.74, 6) is 0.342. The zero-order valence-corrected chi connectivity index (χ0v) is 9.38. The maximum atomic E-state index is 10.5. The van der Waals surface area contributed by atoms with Crippen LogP contribution in [0.15, 0.2) is 42.6 Å². The average Bonchev–Trinajstić information content (AvgIpc) is 2.30. The van der Waals surface area contributed by atoms with Gasteiger partial charge in [-0.15, -0.1) is 0 Å². The minimum Gasteiger partial charge on any atom is -0.409 e. The van der Waals surface area contributed by atoms with E-state index in [1.54, 1.807) is 12.1 Å². The Morgan fingerprint density at radius 3 is 2.59 bits per heavy atom. The van der Waals surface area contributed by atoms with Gasteiger partial charge in [-0.2, -0.15) is 0 Å². The highest BCUT2D eigenvalue weighted by Crippen LogP contribution is 2.22. The molecule has 2 rings (SSSR count). The van der Waals surface area contributed by atoms with Gasteiger partial charge in [0.05, 0.1) is 11.9 Å². The zero-order valence-electron chi connectivity index (χ0n) is 9.38. The maximum absolute atomic E-state index is 10.5. The number of hydrogen-bond donors (Lipinski definition) is 1. The van der Waals surface area contributed by atoms with Crippen LogP contribution in [0.2, 0.25) is 0 Å². The number of carbonyl (C=O) groups excluding carboxylic acids is 1. The van der Waals surface area contributed by atoms with E-state index < -0.39 is 6.09 Å². The number of hydrogen-bond acceptors (Lipinski definition) is 3. The van der Waals surface area contributed by atoms with Gasteiger partial charge in [0.1, 0.15) is 0 Å². The third kappa shape index (κ3) is 2.60. The van der Waals surface area contributed by atoms with Crippen molar-refractivity contribution in [2.75, 3.05) is 0 Å². The number of nitrogens with two attached hydrogens (primary N) is 1. The minimum atomic E-state index is -0.838. The first-order chi connectivity index (χ1) is 8.16. The lowest BCUT2D eigenvalue weighted by Crippen LogP contribution is -2.16. The minimum absolute atomic E-state index is 0.342. The molecule has 0 fully saturated rings. The monoisotopic (exact) mass is 228 g/mol. The van der Waals surface area contributed by atoms with E-state index in [1.807, 2.05) is 31.2 Å². The zero-order chi connectivity index (χ0) is 12.3. The molecular formula is C13H12N2O2. The molecule has 1 amide bonds. The molecule has 0 aliphatic heterocycles. The maximum Gasteiger partial charge on any atom is 0.410 e. The van der Waals surface area contributed by atoms with Gasteiger partial charge in [-0.1, -0.05) is 24.3 Å². The Bertz CT molecular complexity index is 535. The van der Waals surface area contributed by atoms with Crippen molar-refractivity contribution in [3.8, 4) is 17.0 Å². The molecule has 2 aromatic rings. The second-order valence-electron chi connectivity index (χ2n) is 3.62. The molecule has 4 nitrogen and oxygen atoms in total. The van der Waals surface area contributed by atoms with Crippen molar-refractivity contribution in [2.45, 2.75) is 6.92 Å². The van der Waals surface area contributed by atoms with Crippen LogP contribution in [0.4, 0.5) is 4.79 Å². The second kappa shape index (κ2) is 4.65.